The van der Waals surface area contributed by atoms with Gasteiger partial charge >= 0.3 is 11.7 Å². The summed E-state index contributed by atoms with van der Waals surface area (Å²) in [5.41, 5.74) is -0.586. The summed E-state index contributed by atoms with van der Waals surface area (Å²) in [5.74, 6) is -1.50. The molecular weight excluding hydrogens is 311 g/mol. The first-order valence-electron chi connectivity index (χ1n) is 5.23. The van der Waals surface area contributed by atoms with Gasteiger partial charge in [0.05, 0.1) is 18.1 Å². The van der Waals surface area contributed by atoms with Gasteiger partial charge in [0, 0.05) is 34.2 Å². The Labute approximate surface area is 124 Å². The molecule has 0 atom stereocenters. The average Bonchev–Trinajstić information content (AvgIpc) is 2.39. The van der Waals surface area contributed by atoms with E-state index in [0.717, 1.165) is 12.1 Å². The molecule has 7 nitrogen and oxygen atoms in total. The Bertz CT molecular complexity index is 575. The van der Waals surface area contributed by atoms with Crippen molar-refractivity contribution in [1.82, 2.24) is 0 Å². The molecule has 8 heteroatoms. The van der Waals surface area contributed by atoms with Gasteiger partial charge in [-0.2, -0.15) is 0 Å². The van der Waals surface area contributed by atoms with Crippen LogP contribution in [0.2, 0.25) is 0 Å². The summed E-state index contributed by atoms with van der Waals surface area (Å²) in [5, 5.41) is 20.3. The Morgan fingerprint density at radius 3 is 2.40 bits per heavy atom. The molecule has 108 valence electrons. The number of nitro benzene ring substituents is 1. The van der Waals surface area contributed by atoms with Crippen LogP contribution in [0.25, 0.3) is 10.6 Å². The molecule has 0 saturated carbocycles. The molecule has 0 radical (unpaired) electrons. The van der Waals surface area contributed by atoms with Crippen molar-refractivity contribution in [2.24, 2.45) is 0 Å². The van der Waals surface area contributed by atoms with E-state index in [4.69, 9.17) is 6.57 Å². The Balaban J connectivity index is 0.00000361. The molecule has 0 aliphatic heterocycles. The standard InChI is InChI=1S/C12H10N2O5.Ni/c1-3-19-12(16)10(13-2)11(15)8-4-6-9(7-5-8)14(17)18;/h4-7,15H,3H2,1H3;/b11-10+;. The van der Waals surface area contributed by atoms with E-state index >= 15 is 0 Å². The van der Waals surface area contributed by atoms with E-state index < -0.39 is 22.3 Å². The summed E-state index contributed by atoms with van der Waals surface area (Å²) >= 11 is 0. The van der Waals surface area contributed by atoms with E-state index in [1.807, 2.05) is 0 Å². The summed E-state index contributed by atoms with van der Waals surface area (Å²) in [6.45, 7) is 8.50. The van der Waals surface area contributed by atoms with Crippen LogP contribution in [0, 0.1) is 16.7 Å². The van der Waals surface area contributed by atoms with Crippen molar-refractivity contribution in [2.45, 2.75) is 6.92 Å². The van der Waals surface area contributed by atoms with Crippen LogP contribution in [-0.2, 0) is 26.0 Å². The number of aliphatic hydroxyl groups is 1. The molecule has 0 saturated heterocycles. The summed E-state index contributed by atoms with van der Waals surface area (Å²) in [4.78, 5) is 24.2. The Hall–Kier alpha value is -2.39. The fraction of sp³-hybridized carbons (Fsp3) is 0.167. The van der Waals surface area contributed by atoms with Crippen LogP contribution in [0.4, 0.5) is 5.69 Å². The number of benzene rings is 1. The van der Waals surface area contributed by atoms with Crippen molar-refractivity contribution in [2.75, 3.05) is 6.61 Å². The zero-order chi connectivity index (χ0) is 14.4. The number of non-ortho nitro benzene ring substituents is 1. The minimum atomic E-state index is -0.937. The van der Waals surface area contributed by atoms with Crippen molar-refractivity contribution < 1.29 is 36.1 Å². The molecule has 0 aliphatic rings. The first kappa shape index (κ1) is 17.6. The molecule has 0 fully saturated rings. The molecule has 1 rings (SSSR count). The third kappa shape index (κ3) is 4.07. The van der Waals surface area contributed by atoms with E-state index in [1.54, 1.807) is 6.92 Å². The zero-order valence-corrected chi connectivity index (χ0v) is 11.3. The van der Waals surface area contributed by atoms with Gasteiger partial charge in [-0.1, -0.05) is 0 Å². The molecule has 0 heterocycles. The molecule has 0 spiro atoms. The molecule has 1 N–H and O–H groups in total. The van der Waals surface area contributed by atoms with Crippen LogP contribution < -0.4 is 0 Å². The Kier molecular flexibility index (Phi) is 6.97. The average molecular weight is 321 g/mol. The number of carbonyl (C=O) groups excluding carboxylic acids is 1. The van der Waals surface area contributed by atoms with Gasteiger partial charge in [-0.05, 0) is 19.1 Å². The van der Waals surface area contributed by atoms with Crippen molar-refractivity contribution in [3.63, 3.8) is 0 Å². The molecule has 1 aromatic carbocycles. The van der Waals surface area contributed by atoms with Crippen LogP contribution in [0.1, 0.15) is 12.5 Å². The number of hydrogen-bond donors (Lipinski definition) is 1. The minimum Gasteiger partial charge on any atom is -0.518 e. The largest absolute Gasteiger partial charge is 0.518 e. The van der Waals surface area contributed by atoms with Crippen LogP contribution in [0.3, 0.4) is 0 Å². The van der Waals surface area contributed by atoms with Gasteiger partial charge in [-0.3, -0.25) is 14.9 Å². The third-order valence-corrected chi connectivity index (χ3v) is 2.16. The minimum absolute atomic E-state index is 0. The fourth-order valence-electron chi connectivity index (χ4n) is 1.27. The first-order chi connectivity index (χ1) is 9.01. The third-order valence-electron chi connectivity index (χ3n) is 2.16. The predicted octanol–water partition coefficient (Wildman–Crippen LogP) is 2.30. The number of rotatable bonds is 4. The van der Waals surface area contributed by atoms with Crippen molar-refractivity contribution in [1.29, 1.82) is 0 Å². The number of nitrogens with zero attached hydrogens (tertiary/aromatic N) is 2. The maximum absolute atomic E-state index is 11.4. The van der Waals surface area contributed by atoms with Gasteiger partial charge < -0.3 is 9.84 Å². The SMILES string of the molecule is [C-]#[N+]/C(C(=O)OCC)=C(/O)c1ccc([N+](=O)[O-])cc1.[Ni]. The summed E-state index contributed by atoms with van der Waals surface area (Å²) in [6, 6.07) is 4.83. The van der Waals surface area contributed by atoms with Crippen molar-refractivity contribution in [3.05, 3.63) is 57.1 Å². The van der Waals surface area contributed by atoms with Gasteiger partial charge in [-0.15, -0.1) is 0 Å². The van der Waals surface area contributed by atoms with Crippen LogP contribution in [0.15, 0.2) is 30.0 Å². The maximum atomic E-state index is 11.4. The van der Waals surface area contributed by atoms with Crippen LogP contribution in [0.5, 0.6) is 0 Å². The molecular formula is C12H10N2NiO5. The molecule has 0 bridgehead atoms. The first-order valence-corrected chi connectivity index (χ1v) is 5.23. The van der Waals surface area contributed by atoms with E-state index in [0.29, 0.717) is 0 Å². The van der Waals surface area contributed by atoms with E-state index in [9.17, 15) is 20.0 Å². The second-order valence-corrected chi connectivity index (χ2v) is 3.33. The van der Waals surface area contributed by atoms with E-state index in [2.05, 4.69) is 9.58 Å². The Morgan fingerprint density at radius 1 is 1.45 bits per heavy atom. The van der Waals surface area contributed by atoms with Crippen molar-refractivity contribution in [3.8, 4) is 0 Å². The second-order valence-electron chi connectivity index (χ2n) is 3.33. The molecule has 0 aliphatic carbocycles. The number of esters is 1. The summed E-state index contributed by atoms with van der Waals surface area (Å²) in [7, 11) is 0. The number of ether oxygens (including phenoxy) is 1. The number of nitro groups is 1. The number of hydrogen-bond acceptors (Lipinski definition) is 5. The van der Waals surface area contributed by atoms with Crippen LogP contribution >= 0.6 is 0 Å². The molecule has 0 aromatic heterocycles. The van der Waals surface area contributed by atoms with Crippen LogP contribution in [-0.4, -0.2) is 22.6 Å². The normalized spacial score (nSPS) is 10.6. The molecule has 20 heavy (non-hydrogen) atoms. The van der Waals surface area contributed by atoms with E-state index in [1.165, 1.54) is 12.1 Å². The predicted molar refractivity (Wildman–Crippen MR) is 65.9 cm³/mol. The number of aliphatic hydroxyl groups excluding tert-OH is 1. The summed E-state index contributed by atoms with van der Waals surface area (Å²) in [6.07, 6.45) is 0. The molecule has 1 aromatic rings. The smallest absolute Gasteiger partial charge is 0.340 e. The van der Waals surface area contributed by atoms with Gasteiger partial charge in [0.1, 0.15) is 5.76 Å². The summed E-state index contributed by atoms with van der Waals surface area (Å²) < 4.78 is 4.62. The fourth-order valence-corrected chi connectivity index (χ4v) is 1.27. The second kappa shape index (κ2) is 7.92. The van der Waals surface area contributed by atoms with Crippen molar-refractivity contribution >= 4 is 17.4 Å². The van der Waals surface area contributed by atoms with Gasteiger partial charge in [0.15, 0.2) is 0 Å². The quantitative estimate of drug-likeness (QED) is 0.175. The van der Waals surface area contributed by atoms with E-state index in [-0.39, 0.29) is 34.3 Å². The molecule has 0 amide bonds. The van der Waals surface area contributed by atoms with Gasteiger partial charge in [0.2, 0.25) is 0 Å². The Morgan fingerprint density at radius 2 is 2.00 bits per heavy atom. The molecule has 0 unspecified atom stereocenters. The monoisotopic (exact) mass is 320 g/mol. The zero-order valence-electron chi connectivity index (χ0n) is 10.3. The van der Waals surface area contributed by atoms with Gasteiger partial charge in [0.25, 0.3) is 5.69 Å². The topological polar surface area (TPSA) is 94.0 Å². The van der Waals surface area contributed by atoms with Gasteiger partial charge in [-0.25, -0.2) is 4.85 Å². The number of carbonyl (C=O) groups is 1. The maximum Gasteiger partial charge on any atom is 0.340 e.